The zero-order valence-electron chi connectivity index (χ0n) is 12.4. The molecule has 0 bridgehead atoms. The summed E-state index contributed by atoms with van der Waals surface area (Å²) < 4.78 is 5.61. The van der Waals surface area contributed by atoms with Crippen LogP contribution in [0, 0.1) is 5.41 Å². The molecule has 0 saturated carbocycles. The van der Waals surface area contributed by atoms with Crippen molar-refractivity contribution in [3.8, 4) is 5.75 Å². The van der Waals surface area contributed by atoms with E-state index in [0.717, 1.165) is 31.7 Å². The first-order chi connectivity index (χ1) is 9.21. The lowest BCUT2D eigenvalue weighted by molar-refractivity contribution is 0.113. The highest BCUT2D eigenvalue weighted by Crippen LogP contribution is 2.25. The van der Waals surface area contributed by atoms with Crippen molar-refractivity contribution < 1.29 is 9.84 Å². The second kappa shape index (κ2) is 8.18. The SMILES string of the molecule is CCOc1ccccc1CNCC(CC)(CC)CO. The maximum atomic E-state index is 9.55. The molecule has 1 aromatic rings. The standard InChI is InChI=1S/C16H27NO2/c1-4-16(5-2,13-18)12-17-11-14-9-7-8-10-15(14)19-6-3/h7-10,17-18H,4-6,11-13H2,1-3H3. The van der Waals surface area contributed by atoms with E-state index in [1.807, 2.05) is 25.1 Å². The number of hydrogen-bond acceptors (Lipinski definition) is 3. The molecule has 0 unspecified atom stereocenters. The monoisotopic (exact) mass is 265 g/mol. The van der Waals surface area contributed by atoms with Crippen LogP contribution < -0.4 is 10.1 Å². The molecule has 0 amide bonds. The van der Waals surface area contributed by atoms with Gasteiger partial charge in [-0.3, -0.25) is 0 Å². The first-order valence-electron chi connectivity index (χ1n) is 7.23. The third-order valence-corrected chi connectivity index (χ3v) is 3.92. The highest BCUT2D eigenvalue weighted by atomic mass is 16.5. The number of aliphatic hydroxyl groups excluding tert-OH is 1. The predicted octanol–water partition coefficient (Wildman–Crippen LogP) is 2.97. The zero-order valence-corrected chi connectivity index (χ0v) is 12.4. The van der Waals surface area contributed by atoms with Crippen LogP contribution in [0.15, 0.2) is 24.3 Å². The Labute approximate surface area is 117 Å². The Morgan fingerprint density at radius 2 is 1.84 bits per heavy atom. The number of rotatable bonds is 9. The van der Waals surface area contributed by atoms with Crippen LogP contribution >= 0.6 is 0 Å². The summed E-state index contributed by atoms with van der Waals surface area (Å²) in [6.07, 6.45) is 1.97. The van der Waals surface area contributed by atoms with Crippen LogP contribution in [-0.4, -0.2) is 24.9 Å². The first kappa shape index (κ1) is 16.0. The molecular formula is C16H27NO2. The van der Waals surface area contributed by atoms with Gasteiger partial charge in [-0.2, -0.15) is 0 Å². The highest BCUT2D eigenvalue weighted by molar-refractivity contribution is 5.33. The van der Waals surface area contributed by atoms with Gasteiger partial charge in [0.25, 0.3) is 0 Å². The fourth-order valence-electron chi connectivity index (χ4n) is 2.19. The second-order valence-electron chi connectivity index (χ2n) is 5.01. The molecular weight excluding hydrogens is 238 g/mol. The lowest BCUT2D eigenvalue weighted by Crippen LogP contribution is -2.36. The Kier molecular flexibility index (Phi) is 6.89. The maximum Gasteiger partial charge on any atom is 0.123 e. The Morgan fingerprint density at radius 1 is 1.16 bits per heavy atom. The van der Waals surface area contributed by atoms with Gasteiger partial charge >= 0.3 is 0 Å². The van der Waals surface area contributed by atoms with Gasteiger partial charge in [0, 0.05) is 30.7 Å². The molecule has 3 nitrogen and oxygen atoms in total. The number of ether oxygens (including phenoxy) is 1. The van der Waals surface area contributed by atoms with Crippen molar-refractivity contribution in [1.82, 2.24) is 5.32 Å². The minimum absolute atomic E-state index is 0.000553. The van der Waals surface area contributed by atoms with Crippen LogP contribution in [0.4, 0.5) is 0 Å². The molecule has 3 heteroatoms. The van der Waals surface area contributed by atoms with E-state index in [-0.39, 0.29) is 12.0 Å². The van der Waals surface area contributed by atoms with Crippen LogP contribution in [0.25, 0.3) is 0 Å². The predicted molar refractivity (Wildman–Crippen MR) is 79.4 cm³/mol. The van der Waals surface area contributed by atoms with Gasteiger partial charge in [-0.25, -0.2) is 0 Å². The van der Waals surface area contributed by atoms with Gasteiger partial charge in [0.2, 0.25) is 0 Å². The largest absolute Gasteiger partial charge is 0.494 e. The van der Waals surface area contributed by atoms with Crippen molar-refractivity contribution in [2.45, 2.75) is 40.2 Å². The van der Waals surface area contributed by atoms with Crippen molar-refractivity contribution in [2.75, 3.05) is 19.8 Å². The summed E-state index contributed by atoms with van der Waals surface area (Å²) in [4.78, 5) is 0. The van der Waals surface area contributed by atoms with E-state index < -0.39 is 0 Å². The minimum Gasteiger partial charge on any atom is -0.494 e. The van der Waals surface area contributed by atoms with Crippen LogP contribution in [0.1, 0.15) is 39.2 Å². The van der Waals surface area contributed by atoms with Gasteiger partial charge in [0.1, 0.15) is 5.75 Å². The fraction of sp³-hybridized carbons (Fsp3) is 0.625. The lowest BCUT2D eigenvalue weighted by atomic mass is 9.83. The van der Waals surface area contributed by atoms with Crippen molar-refractivity contribution in [2.24, 2.45) is 5.41 Å². The topological polar surface area (TPSA) is 41.5 Å². The average molecular weight is 265 g/mol. The van der Waals surface area contributed by atoms with Crippen molar-refractivity contribution >= 4 is 0 Å². The van der Waals surface area contributed by atoms with E-state index >= 15 is 0 Å². The van der Waals surface area contributed by atoms with Gasteiger partial charge in [-0.05, 0) is 25.8 Å². The molecule has 108 valence electrons. The number of para-hydroxylation sites is 1. The van der Waals surface area contributed by atoms with Crippen molar-refractivity contribution in [3.05, 3.63) is 29.8 Å². The summed E-state index contributed by atoms with van der Waals surface area (Å²) in [5.74, 6) is 0.945. The van der Waals surface area contributed by atoms with Crippen LogP contribution in [0.2, 0.25) is 0 Å². The molecule has 1 aromatic carbocycles. The first-order valence-corrected chi connectivity index (χ1v) is 7.23. The molecule has 0 spiro atoms. The number of aliphatic hydroxyl groups is 1. The van der Waals surface area contributed by atoms with Crippen LogP contribution in [-0.2, 0) is 6.54 Å². The minimum atomic E-state index is 0.000553. The Balaban J connectivity index is 2.57. The number of nitrogens with one attached hydrogen (secondary N) is 1. The molecule has 0 saturated heterocycles. The van der Waals surface area contributed by atoms with Crippen LogP contribution in [0.3, 0.4) is 0 Å². The average Bonchev–Trinajstić information content (AvgIpc) is 2.46. The summed E-state index contributed by atoms with van der Waals surface area (Å²) in [5, 5.41) is 13.0. The van der Waals surface area contributed by atoms with Gasteiger partial charge in [0.15, 0.2) is 0 Å². The van der Waals surface area contributed by atoms with Crippen LogP contribution in [0.5, 0.6) is 5.75 Å². The molecule has 0 aliphatic heterocycles. The highest BCUT2D eigenvalue weighted by Gasteiger charge is 2.24. The quantitative estimate of drug-likeness (QED) is 0.721. The zero-order chi connectivity index (χ0) is 14.1. The summed E-state index contributed by atoms with van der Waals surface area (Å²) in [5.41, 5.74) is 1.17. The molecule has 0 fully saturated rings. The molecule has 0 radical (unpaired) electrons. The normalized spacial score (nSPS) is 11.6. The van der Waals surface area contributed by atoms with E-state index in [1.165, 1.54) is 5.56 Å². The Hall–Kier alpha value is -1.06. The van der Waals surface area contributed by atoms with Gasteiger partial charge in [0.05, 0.1) is 6.61 Å². The second-order valence-corrected chi connectivity index (χ2v) is 5.01. The molecule has 0 atom stereocenters. The fourth-order valence-corrected chi connectivity index (χ4v) is 2.19. The summed E-state index contributed by atoms with van der Waals surface area (Å²) >= 11 is 0. The Bertz CT molecular complexity index is 353. The maximum absolute atomic E-state index is 9.55. The van der Waals surface area contributed by atoms with E-state index in [1.54, 1.807) is 0 Å². The molecule has 2 N–H and O–H groups in total. The third-order valence-electron chi connectivity index (χ3n) is 3.92. The van der Waals surface area contributed by atoms with Crippen molar-refractivity contribution in [3.63, 3.8) is 0 Å². The number of hydrogen-bond donors (Lipinski definition) is 2. The summed E-state index contributed by atoms with van der Waals surface area (Å²) in [6, 6.07) is 8.10. The lowest BCUT2D eigenvalue weighted by Gasteiger charge is -2.29. The van der Waals surface area contributed by atoms with E-state index in [4.69, 9.17) is 4.74 Å². The molecule has 0 aliphatic carbocycles. The van der Waals surface area contributed by atoms with Gasteiger partial charge in [-0.15, -0.1) is 0 Å². The molecule has 1 rings (SSSR count). The third kappa shape index (κ3) is 4.51. The number of benzene rings is 1. The molecule has 19 heavy (non-hydrogen) atoms. The molecule has 0 heterocycles. The van der Waals surface area contributed by atoms with E-state index in [9.17, 15) is 5.11 Å². The van der Waals surface area contributed by atoms with E-state index in [0.29, 0.717) is 6.61 Å². The van der Waals surface area contributed by atoms with Crippen molar-refractivity contribution in [1.29, 1.82) is 0 Å². The summed E-state index contributed by atoms with van der Waals surface area (Å²) in [7, 11) is 0. The van der Waals surface area contributed by atoms with Gasteiger partial charge < -0.3 is 15.2 Å². The van der Waals surface area contributed by atoms with E-state index in [2.05, 4.69) is 25.2 Å². The smallest absolute Gasteiger partial charge is 0.123 e. The Morgan fingerprint density at radius 3 is 2.42 bits per heavy atom. The van der Waals surface area contributed by atoms with Gasteiger partial charge in [-0.1, -0.05) is 32.0 Å². The molecule has 0 aliphatic rings. The summed E-state index contributed by atoms with van der Waals surface area (Å²) in [6.45, 7) is 8.79. The molecule has 0 aromatic heterocycles.